The number of hydrogen-bond acceptors (Lipinski definition) is 8. The summed E-state index contributed by atoms with van der Waals surface area (Å²) in [5.74, 6) is 3.06. The van der Waals surface area contributed by atoms with Gasteiger partial charge in [-0.05, 0) is 207 Å². The van der Waals surface area contributed by atoms with Gasteiger partial charge in [0.05, 0.1) is 19.7 Å². The predicted octanol–water partition coefficient (Wildman–Crippen LogP) is 10.3. The smallest absolute Gasteiger partial charge is 0.163 e. The summed E-state index contributed by atoms with van der Waals surface area (Å²) in [6.45, 7) is 3.28. The fraction of sp³-hybridized carbons (Fsp3) is 0.525. The molecule has 3 saturated carbocycles. The minimum absolute atomic E-state index is 0.0309. The van der Waals surface area contributed by atoms with Gasteiger partial charge in [0.2, 0.25) is 0 Å². The number of nitrogens with two attached hydrogens (primary N) is 1. The Balaban J connectivity index is 0.824. The van der Waals surface area contributed by atoms with Crippen molar-refractivity contribution in [2.75, 3.05) is 26.7 Å². The topological polar surface area (TPSA) is 126 Å². The van der Waals surface area contributed by atoms with Gasteiger partial charge in [-0.3, -0.25) is 9.59 Å². The zero-order chi connectivity index (χ0) is 46.2. The number of methoxy groups -OCH3 is 1. The van der Waals surface area contributed by atoms with Crippen LogP contribution in [0.2, 0.25) is 0 Å². The van der Waals surface area contributed by atoms with Crippen molar-refractivity contribution in [1.82, 2.24) is 16.0 Å². The van der Waals surface area contributed by atoms with E-state index >= 15 is 0 Å². The average molecular weight is 905 g/mol. The van der Waals surface area contributed by atoms with Gasteiger partial charge in [-0.15, -0.1) is 0 Å². The molecule has 67 heavy (non-hydrogen) atoms. The van der Waals surface area contributed by atoms with Crippen molar-refractivity contribution in [3.8, 4) is 11.5 Å². The number of carbonyl (C=O) groups excluding carboxylic acids is 2. The van der Waals surface area contributed by atoms with Crippen LogP contribution in [0.25, 0.3) is 6.08 Å². The Morgan fingerprint density at radius 1 is 0.925 bits per heavy atom. The third kappa shape index (κ3) is 11.8. The molecule has 0 aromatic heterocycles. The number of hydrogen-bond donors (Lipinski definition) is 5. The maximum atomic E-state index is 13.6. The Morgan fingerprint density at radius 2 is 1.72 bits per heavy atom. The monoisotopic (exact) mass is 905 g/mol. The van der Waals surface area contributed by atoms with E-state index in [1.54, 1.807) is 24.3 Å². The van der Waals surface area contributed by atoms with E-state index in [0.29, 0.717) is 41.9 Å². The second-order valence-electron chi connectivity index (χ2n) is 21.6. The molecule has 3 aromatic rings. The van der Waals surface area contributed by atoms with E-state index in [4.69, 9.17) is 10.5 Å². The minimum Gasteiger partial charge on any atom is -0.504 e. The Bertz CT molecular complexity index is 2330. The van der Waals surface area contributed by atoms with E-state index in [1.807, 2.05) is 6.20 Å². The average Bonchev–Trinajstić information content (AvgIpc) is 3.96. The lowest BCUT2D eigenvalue weighted by atomic mass is 9.57. The molecule has 0 radical (unpaired) electrons. The lowest BCUT2D eigenvalue weighted by molar-refractivity contribution is -0.124. The van der Waals surface area contributed by atoms with Crippen LogP contribution in [0, 0.1) is 34.5 Å². The molecule has 1 spiro atoms. The molecule has 3 heterocycles. The zero-order valence-corrected chi connectivity index (χ0v) is 40.1. The number of ketones is 2. The van der Waals surface area contributed by atoms with Crippen LogP contribution in [-0.2, 0) is 35.3 Å². The molecule has 3 aliphatic carbocycles. The molecule has 0 bridgehead atoms. The van der Waals surface area contributed by atoms with Crippen molar-refractivity contribution in [1.29, 1.82) is 0 Å². The molecule has 1 saturated heterocycles. The number of fused-ring (bicyclic) bond motifs is 2. The van der Waals surface area contributed by atoms with Gasteiger partial charge in [-0.1, -0.05) is 85.7 Å². The van der Waals surface area contributed by atoms with Crippen LogP contribution in [0.15, 0.2) is 108 Å². The Hall–Kier alpha value is -4.76. The van der Waals surface area contributed by atoms with Gasteiger partial charge in [0.15, 0.2) is 17.3 Å². The van der Waals surface area contributed by atoms with Crippen LogP contribution in [0.3, 0.4) is 0 Å². The van der Waals surface area contributed by atoms with Crippen LogP contribution in [0.4, 0.5) is 0 Å². The highest BCUT2D eigenvalue weighted by Gasteiger charge is 2.53. The summed E-state index contributed by atoms with van der Waals surface area (Å²) in [7, 11) is 1.53. The number of ether oxygens (including phenoxy) is 1. The highest BCUT2D eigenvalue weighted by molar-refractivity contribution is 6.06. The number of phenolic OH excluding ortho intramolecular Hbond substituents is 1. The summed E-state index contributed by atoms with van der Waals surface area (Å²) >= 11 is 0. The van der Waals surface area contributed by atoms with E-state index < -0.39 is 0 Å². The molecule has 356 valence electrons. The summed E-state index contributed by atoms with van der Waals surface area (Å²) in [5, 5.41) is 21.9. The number of phenols is 1. The second kappa shape index (κ2) is 21.7. The Morgan fingerprint density at radius 3 is 2.54 bits per heavy atom. The van der Waals surface area contributed by atoms with E-state index in [0.717, 1.165) is 92.3 Å². The van der Waals surface area contributed by atoms with Gasteiger partial charge in [-0.25, -0.2) is 0 Å². The number of rotatable bonds is 19. The lowest BCUT2D eigenvalue weighted by Crippen LogP contribution is -2.56. The maximum Gasteiger partial charge on any atom is 0.163 e. The van der Waals surface area contributed by atoms with Gasteiger partial charge < -0.3 is 31.5 Å². The number of piperidine rings is 1. The largest absolute Gasteiger partial charge is 0.504 e. The first kappa shape index (κ1) is 47.3. The summed E-state index contributed by atoms with van der Waals surface area (Å²) in [6.07, 6.45) is 31.8. The second-order valence-corrected chi connectivity index (χ2v) is 21.6. The molecule has 8 heteroatoms. The highest BCUT2D eigenvalue weighted by atomic mass is 16.5. The van der Waals surface area contributed by atoms with Crippen molar-refractivity contribution in [2.24, 2.45) is 40.2 Å². The predicted molar refractivity (Wildman–Crippen MR) is 271 cm³/mol. The van der Waals surface area contributed by atoms with Crippen LogP contribution in [0.5, 0.6) is 11.5 Å². The van der Waals surface area contributed by atoms with Gasteiger partial charge in [-0.2, -0.15) is 0 Å². The number of Topliss-reactive ketones (excluding diaryl/α,β-unsaturated/α-hetero) is 1. The fourth-order valence-electron chi connectivity index (χ4n) is 13.8. The fourth-order valence-corrected chi connectivity index (χ4v) is 13.8. The number of dihydropyridines is 1. The summed E-state index contributed by atoms with van der Waals surface area (Å²) in [6, 6.07) is 23.6. The number of benzene rings is 3. The normalized spacial score (nSPS) is 27.6. The molecule has 6 N–H and O–H groups in total. The van der Waals surface area contributed by atoms with Crippen LogP contribution >= 0.6 is 0 Å². The molecule has 3 aliphatic heterocycles. The van der Waals surface area contributed by atoms with Crippen LogP contribution < -0.4 is 26.4 Å². The van der Waals surface area contributed by atoms with Gasteiger partial charge in [0.25, 0.3) is 0 Å². The molecule has 7 atom stereocenters. The van der Waals surface area contributed by atoms with Gasteiger partial charge in [0.1, 0.15) is 5.78 Å². The Labute approximate surface area is 400 Å². The summed E-state index contributed by atoms with van der Waals surface area (Å²) in [5.41, 5.74) is 15.0. The van der Waals surface area contributed by atoms with Gasteiger partial charge in [0, 0.05) is 25.2 Å². The molecule has 9 rings (SSSR count). The first-order valence-electron chi connectivity index (χ1n) is 25.9. The van der Waals surface area contributed by atoms with Gasteiger partial charge >= 0.3 is 0 Å². The van der Waals surface area contributed by atoms with Crippen LogP contribution in [0.1, 0.15) is 124 Å². The first-order valence-corrected chi connectivity index (χ1v) is 25.9. The van der Waals surface area contributed by atoms with Crippen molar-refractivity contribution >= 4 is 17.6 Å². The SMILES string of the molecule is COc1cc(/C=C/C(=O)CC(=O)CCC[C@]2(C[C@H]3[C@@H]4CCNC[C@@H]4C[C@@H]4C=CCN[C@@H]34)CCC3(CCCC3)C2)c(CC2=CNC(N)C=C2CCc2cccc(CCc3ccccc3)c2)cc1O. The molecule has 6 aliphatic rings. The van der Waals surface area contributed by atoms with E-state index in [9.17, 15) is 14.7 Å². The standard InChI is InChI=1S/C59H76N4O4/c1-67-55-34-44(47(33-54(55)66)32-48-39-63-56(60)35-45(48)19-18-43-13-7-12-42(30-43)17-16-41-10-3-2-4-11-41)20-21-51(65)36-50(64)15-8-25-59(27-26-58(40-59)23-5-6-24-58)37-53-52-22-29-61-38-49(52)31-46-14-9-28-62-57(46)53/h2-4,7,9-14,20-21,30,33-35,39,46,49,52-53,56-57,61-63,66H,5-6,8,15-19,22-29,31-32,36-38,40,60H2,1H3/b21-20+/t46-,49-,52+,53-,56?,57+,59+/m0/s1. The number of aromatic hydroxyl groups is 1. The number of allylic oxidation sites excluding steroid dienone is 3. The van der Waals surface area contributed by atoms with Crippen molar-refractivity contribution in [3.63, 3.8) is 0 Å². The van der Waals surface area contributed by atoms with E-state index in [1.165, 1.54) is 88.0 Å². The number of nitrogens with one attached hydrogen (secondary N) is 3. The quantitative estimate of drug-likeness (QED) is 0.0458. The van der Waals surface area contributed by atoms with Crippen molar-refractivity contribution in [3.05, 3.63) is 136 Å². The number of carbonyl (C=O) groups is 2. The Kier molecular flexibility index (Phi) is 15.3. The third-order valence-electron chi connectivity index (χ3n) is 17.1. The van der Waals surface area contributed by atoms with E-state index in [2.05, 4.69) is 88.8 Å². The molecule has 8 nitrogen and oxygen atoms in total. The van der Waals surface area contributed by atoms with Crippen LogP contribution in [-0.4, -0.2) is 55.6 Å². The lowest BCUT2D eigenvalue weighted by Gasteiger charge is -2.52. The molecule has 1 unspecified atom stereocenters. The summed E-state index contributed by atoms with van der Waals surface area (Å²) < 4.78 is 5.51. The molecule has 4 fully saturated rings. The molecular weight excluding hydrogens is 829 g/mol. The third-order valence-corrected chi connectivity index (χ3v) is 17.1. The maximum absolute atomic E-state index is 13.6. The molecule has 0 amide bonds. The zero-order valence-electron chi connectivity index (χ0n) is 40.1. The highest BCUT2D eigenvalue weighted by Crippen LogP contribution is 2.62. The summed E-state index contributed by atoms with van der Waals surface area (Å²) in [4.78, 5) is 27.1. The van der Waals surface area contributed by atoms with Crippen molar-refractivity contribution < 1.29 is 19.4 Å². The molecule has 3 aromatic carbocycles. The first-order chi connectivity index (χ1) is 32.7. The van der Waals surface area contributed by atoms with E-state index in [-0.39, 0.29) is 35.3 Å². The minimum atomic E-state index is -0.291. The van der Waals surface area contributed by atoms with Crippen molar-refractivity contribution in [2.45, 2.75) is 134 Å². The number of aryl methyl sites for hydroxylation is 3. The molecular formula is C59H76N4O4.